The van der Waals surface area contributed by atoms with Crippen LogP contribution in [0.3, 0.4) is 0 Å². The minimum Gasteiger partial charge on any atom is -0.507 e. The molecule has 0 fully saturated rings. The van der Waals surface area contributed by atoms with Gasteiger partial charge in [-0.1, -0.05) is 0 Å². The zero-order valence-corrected chi connectivity index (χ0v) is 10.6. The van der Waals surface area contributed by atoms with Gasteiger partial charge in [-0.25, -0.2) is 9.48 Å². The number of fused-ring (bicyclic) bond motifs is 1. The van der Waals surface area contributed by atoms with Gasteiger partial charge in [0.05, 0.1) is 11.9 Å². The van der Waals surface area contributed by atoms with Gasteiger partial charge in [0.15, 0.2) is 5.69 Å². The van der Waals surface area contributed by atoms with Crippen molar-refractivity contribution in [2.75, 3.05) is 0 Å². The molecule has 0 aliphatic heterocycles. The Morgan fingerprint density at radius 1 is 1.33 bits per heavy atom. The molecule has 0 amide bonds. The summed E-state index contributed by atoms with van der Waals surface area (Å²) in [4.78, 5) is 29.1. The van der Waals surface area contributed by atoms with E-state index in [4.69, 9.17) is 5.11 Å². The van der Waals surface area contributed by atoms with Crippen LogP contribution in [-0.4, -0.2) is 35.9 Å². The minimum absolute atomic E-state index is 0.0103. The van der Waals surface area contributed by atoms with Crippen LogP contribution in [-0.2, 0) is 6.54 Å². The molecule has 0 saturated carbocycles. The molecule has 0 unspecified atom stereocenters. The molecule has 0 saturated heterocycles. The summed E-state index contributed by atoms with van der Waals surface area (Å²) >= 11 is 0. The van der Waals surface area contributed by atoms with Crippen molar-refractivity contribution in [1.82, 2.24) is 19.7 Å². The maximum Gasteiger partial charge on any atom is 0.357 e. The smallest absolute Gasteiger partial charge is 0.357 e. The molecule has 0 aromatic carbocycles. The highest BCUT2D eigenvalue weighted by Gasteiger charge is 2.20. The number of aromatic carboxylic acids is 1. The Kier molecular flexibility index (Phi) is 2.90. The lowest BCUT2D eigenvalue weighted by Gasteiger charge is -2.03. The number of carbonyl (C=O) groups is 1. The molecule has 0 aliphatic carbocycles. The van der Waals surface area contributed by atoms with E-state index in [1.54, 1.807) is 24.5 Å². The zero-order valence-electron chi connectivity index (χ0n) is 10.6. The first-order valence-corrected chi connectivity index (χ1v) is 6.01. The standard InChI is InChI=1S/C13H10N4O4/c18-8-5-9(19)15-12-10(8)11(13(20)21)16-17(12)6-7-1-3-14-4-2-7/h1-5H,6H2,(H,20,21)(H2,15,18,19). The summed E-state index contributed by atoms with van der Waals surface area (Å²) < 4.78 is 1.33. The van der Waals surface area contributed by atoms with E-state index in [1.807, 2.05) is 0 Å². The van der Waals surface area contributed by atoms with E-state index in [-0.39, 0.29) is 23.3 Å². The predicted molar refractivity (Wildman–Crippen MR) is 72.3 cm³/mol. The lowest BCUT2D eigenvalue weighted by atomic mass is 10.2. The van der Waals surface area contributed by atoms with Gasteiger partial charge in [0.25, 0.3) is 5.56 Å². The Bertz CT molecular complexity index is 882. The SMILES string of the molecule is O=C(O)c1nn(Cc2ccncc2)c2[nH]c(=O)cc(O)c12. The van der Waals surface area contributed by atoms with Crippen LogP contribution in [0.4, 0.5) is 0 Å². The van der Waals surface area contributed by atoms with Gasteiger partial charge in [0.1, 0.15) is 11.4 Å². The number of pyridine rings is 2. The number of nitrogens with zero attached hydrogens (tertiary/aromatic N) is 3. The fourth-order valence-corrected chi connectivity index (χ4v) is 2.11. The molecule has 0 radical (unpaired) electrons. The summed E-state index contributed by atoms with van der Waals surface area (Å²) in [6.07, 6.45) is 3.19. The highest BCUT2D eigenvalue weighted by Crippen LogP contribution is 2.25. The normalized spacial score (nSPS) is 10.9. The number of carboxylic acid groups (broad SMARTS) is 1. The maximum atomic E-state index is 11.5. The molecule has 8 nitrogen and oxygen atoms in total. The zero-order chi connectivity index (χ0) is 15.0. The van der Waals surface area contributed by atoms with E-state index in [0.29, 0.717) is 0 Å². The van der Waals surface area contributed by atoms with E-state index < -0.39 is 17.3 Å². The van der Waals surface area contributed by atoms with Gasteiger partial charge in [-0.15, -0.1) is 0 Å². The number of aromatic nitrogens is 4. The van der Waals surface area contributed by atoms with E-state index in [9.17, 15) is 14.7 Å². The molecule has 106 valence electrons. The number of rotatable bonds is 3. The van der Waals surface area contributed by atoms with Gasteiger partial charge in [-0.2, -0.15) is 5.10 Å². The molecule has 3 heterocycles. The third-order valence-corrected chi connectivity index (χ3v) is 3.00. The Morgan fingerprint density at radius 2 is 2.05 bits per heavy atom. The van der Waals surface area contributed by atoms with Crippen molar-refractivity contribution in [2.45, 2.75) is 6.54 Å². The van der Waals surface area contributed by atoms with Crippen LogP contribution in [0.25, 0.3) is 11.0 Å². The Balaban J connectivity index is 2.23. The summed E-state index contributed by atoms with van der Waals surface area (Å²) in [5, 5.41) is 22.9. The lowest BCUT2D eigenvalue weighted by molar-refractivity contribution is 0.0691. The number of aromatic amines is 1. The molecular formula is C13H10N4O4. The number of H-pyrrole nitrogens is 1. The van der Waals surface area contributed by atoms with Gasteiger partial charge >= 0.3 is 5.97 Å². The van der Waals surface area contributed by atoms with Crippen LogP contribution in [0, 0.1) is 0 Å². The second-order valence-corrected chi connectivity index (χ2v) is 4.41. The molecule has 0 spiro atoms. The van der Waals surface area contributed by atoms with Crippen molar-refractivity contribution >= 4 is 17.0 Å². The molecule has 0 atom stereocenters. The predicted octanol–water partition coefficient (Wildman–Crippen LogP) is 0.572. The maximum absolute atomic E-state index is 11.5. The lowest BCUT2D eigenvalue weighted by Crippen LogP contribution is -2.08. The van der Waals surface area contributed by atoms with Crippen LogP contribution in [0.2, 0.25) is 0 Å². The van der Waals surface area contributed by atoms with Gasteiger partial charge in [-0.3, -0.25) is 9.78 Å². The van der Waals surface area contributed by atoms with E-state index in [1.165, 1.54) is 4.68 Å². The number of aromatic hydroxyl groups is 1. The Hall–Kier alpha value is -3.16. The molecule has 0 bridgehead atoms. The number of carboxylic acids is 1. The van der Waals surface area contributed by atoms with Crippen LogP contribution < -0.4 is 5.56 Å². The fraction of sp³-hybridized carbons (Fsp3) is 0.0769. The Morgan fingerprint density at radius 3 is 2.71 bits per heavy atom. The van der Waals surface area contributed by atoms with Crippen LogP contribution in [0.1, 0.15) is 16.1 Å². The average molecular weight is 286 g/mol. The monoisotopic (exact) mass is 286 g/mol. The molecule has 3 aromatic heterocycles. The first-order valence-electron chi connectivity index (χ1n) is 6.01. The number of hydrogen-bond acceptors (Lipinski definition) is 5. The van der Waals surface area contributed by atoms with Gasteiger partial charge < -0.3 is 15.2 Å². The largest absolute Gasteiger partial charge is 0.507 e. The first kappa shape index (κ1) is 12.9. The van der Waals surface area contributed by atoms with Gasteiger partial charge in [0, 0.05) is 18.5 Å². The third-order valence-electron chi connectivity index (χ3n) is 3.00. The topological polar surface area (TPSA) is 121 Å². The van der Waals surface area contributed by atoms with Crippen molar-refractivity contribution in [2.24, 2.45) is 0 Å². The van der Waals surface area contributed by atoms with Crippen molar-refractivity contribution in [1.29, 1.82) is 0 Å². The highest BCUT2D eigenvalue weighted by molar-refractivity contribution is 6.02. The van der Waals surface area contributed by atoms with Crippen molar-refractivity contribution in [3.63, 3.8) is 0 Å². The quantitative estimate of drug-likeness (QED) is 0.647. The van der Waals surface area contributed by atoms with Crippen molar-refractivity contribution in [3.05, 3.63) is 52.2 Å². The average Bonchev–Trinajstić information content (AvgIpc) is 2.79. The third kappa shape index (κ3) is 2.22. The molecular weight excluding hydrogens is 276 g/mol. The summed E-state index contributed by atoms with van der Waals surface area (Å²) in [7, 11) is 0. The second kappa shape index (κ2) is 4.75. The van der Waals surface area contributed by atoms with Crippen molar-refractivity contribution < 1.29 is 15.0 Å². The first-order chi connectivity index (χ1) is 10.1. The van der Waals surface area contributed by atoms with E-state index in [2.05, 4.69) is 15.1 Å². The van der Waals surface area contributed by atoms with Crippen LogP contribution in [0.5, 0.6) is 5.75 Å². The van der Waals surface area contributed by atoms with Gasteiger partial charge in [-0.05, 0) is 17.7 Å². The summed E-state index contributed by atoms with van der Waals surface area (Å²) in [6, 6.07) is 4.41. The van der Waals surface area contributed by atoms with Crippen LogP contribution >= 0.6 is 0 Å². The van der Waals surface area contributed by atoms with Crippen LogP contribution in [0.15, 0.2) is 35.4 Å². The summed E-state index contributed by atoms with van der Waals surface area (Å²) in [5.74, 6) is -1.69. The minimum atomic E-state index is -1.28. The van der Waals surface area contributed by atoms with Crippen molar-refractivity contribution in [3.8, 4) is 5.75 Å². The number of nitrogens with one attached hydrogen (secondary N) is 1. The molecule has 3 N–H and O–H groups in total. The molecule has 21 heavy (non-hydrogen) atoms. The van der Waals surface area contributed by atoms with Gasteiger partial charge in [0.2, 0.25) is 0 Å². The molecule has 0 aliphatic rings. The summed E-state index contributed by atoms with van der Waals surface area (Å²) in [5.41, 5.74) is 0.144. The fourth-order valence-electron chi connectivity index (χ4n) is 2.11. The highest BCUT2D eigenvalue weighted by atomic mass is 16.4. The van der Waals surface area contributed by atoms with E-state index >= 15 is 0 Å². The summed E-state index contributed by atoms with van der Waals surface area (Å²) in [6.45, 7) is 0.242. The molecule has 3 rings (SSSR count). The Labute approximate surface area is 117 Å². The molecule has 8 heteroatoms. The number of hydrogen-bond donors (Lipinski definition) is 3. The second-order valence-electron chi connectivity index (χ2n) is 4.41. The van der Waals surface area contributed by atoms with E-state index in [0.717, 1.165) is 11.6 Å². The molecule has 3 aromatic rings.